The minimum absolute atomic E-state index is 0.0752. The van der Waals surface area contributed by atoms with Gasteiger partial charge in [0.25, 0.3) is 0 Å². The molecular formula is C37H69N3O21S3. The van der Waals surface area contributed by atoms with Gasteiger partial charge in [-0.2, -0.15) is 23.5 Å². The second-order valence-electron chi connectivity index (χ2n) is 15.5. The van der Waals surface area contributed by atoms with E-state index in [-0.39, 0.29) is 24.8 Å². The van der Waals surface area contributed by atoms with Crippen LogP contribution in [-0.2, 0) is 42.6 Å². The Hall–Kier alpha value is -0.360. The van der Waals surface area contributed by atoms with Crippen molar-refractivity contribution < 1.29 is 104 Å². The summed E-state index contributed by atoms with van der Waals surface area (Å²) in [5, 5.41) is 136. The Balaban J connectivity index is 1.20. The molecule has 4 aliphatic heterocycles. The third-order valence-corrected chi connectivity index (χ3v) is 14.1. The minimum Gasteiger partial charge on any atom is -0.394 e. The van der Waals surface area contributed by atoms with Crippen molar-refractivity contribution in [2.24, 2.45) is 5.73 Å². The van der Waals surface area contributed by atoms with Gasteiger partial charge in [0.2, 0.25) is 0 Å². The van der Waals surface area contributed by atoms with E-state index in [0.29, 0.717) is 37.4 Å². The summed E-state index contributed by atoms with van der Waals surface area (Å²) in [7, 11) is 1.34. The lowest BCUT2D eigenvalue weighted by Crippen LogP contribution is -2.63. The molecule has 0 aliphatic carbocycles. The molecule has 0 amide bonds. The highest BCUT2D eigenvalue weighted by atomic mass is 32.2. The van der Waals surface area contributed by atoms with Crippen LogP contribution in [0.25, 0.3) is 0 Å². The van der Waals surface area contributed by atoms with Crippen molar-refractivity contribution in [3.63, 3.8) is 0 Å². The summed E-state index contributed by atoms with van der Waals surface area (Å²) in [6, 6.07) is 0. The van der Waals surface area contributed by atoms with Gasteiger partial charge in [0.15, 0.2) is 18.9 Å². The second kappa shape index (κ2) is 29.0. The molecule has 4 saturated heterocycles. The molecule has 64 heavy (non-hydrogen) atoms. The van der Waals surface area contributed by atoms with E-state index >= 15 is 0 Å². The second-order valence-corrected chi connectivity index (χ2v) is 19.0. The maximum absolute atomic E-state index is 10.9. The van der Waals surface area contributed by atoms with Crippen LogP contribution in [0, 0.1) is 5.41 Å². The van der Waals surface area contributed by atoms with Crippen molar-refractivity contribution in [3.8, 4) is 0 Å². The van der Waals surface area contributed by atoms with Gasteiger partial charge >= 0.3 is 0 Å². The van der Waals surface area contributed by atoms with Gasteiger partial charge in [-0.25, -0.2) is 0 Å². The fourth-order valence-electron chi connectivity index (χ4n) is 7.09. The van der Waals surface area contributed by atoms with Crippen molar-refractivity contribution in [3.05, 3.63) is 0 Å². The Morgan fingerprint density at radius 1 is 0.562 bits per heavy atom. The quantitative estimate of drug-likeness (QED) is 0.0207. The first-order valence-corrected chi connectivity index (χ1v) is 24.5. The smallest absolute Gasteiger partial charge is 0.187 e. The van der Waals surface area contributed by atoms with E-state index in [0.717, 1.165) is 23.3 Å². The van der Waals surface area contributed by atoms with Gasteiger partial charge in [-0.1, -0.05) is 0 Å². The molecule has 4 aliphatic rings. The lowest BCUT2D eigenvalue weighted by atomic mass is 9.98. The Labute approximate surface area is 383 Å². The number of aliphatic hydroxyl groups is 12. The highest BCUT2D eigenvalue weighted by Gasteiger charge is 2.50. The molecule has 0 aromatic carbocycles. The molecule has 2 unspecified atom stereocenters. The molecule has 0 aromatic rings. The van der Waals surface area contributed by atoms with E-state index in [1.165, 1.54) is 18.9 Å². The highest BCUT2D eigenvalue weighted by molar-refractivity contribution is 8.00. The van der Waals surface area contributed by atoms with Crippen LogP contribution < -0.4 is 11.1 Å². The number of amidine groups is 1. The molecule has 0 saturated carbocycles. The van der Waals surface area contributed by atoms with Gasteiger partial charge in [0.05, 0.1) is 32.2 Å². The molecule has 4 fully saturated rings. The first-order valence-electron chi connectivity index (χ1n) is 21.1. The van der Waals surface area contributed by atoms with Crippen LogP contribution >= 0.6 is 35.3 Å². The topological polar surface area (TPSA) is 388 Å². The Morgan fingerprint density at radius 2 is 1.05 bits per heavy atom. The molecule has 27 heteroatoms. The zero-order chi connectivity index (χ0) is 46.9. The van der Waals surface area contributed by atoms with E-state index in [1.807, 2.05) is 0 Å². The summed E-state index contributed by atoms with van der Waals surface area (Å²) >= 11 is 4.23. The van der Waals surface area contributed by atoms with E-state index in [2.05, 4.69) is 5.32 Å². The fraction of sp³-hybridized carbons (Fsp3) is 0.973. The normalized spacial score (nSPS) is 40.7. The van der Waals surface area contributed by atoms with Crippen molar-refractivity contribution in [1.29, 1.82) is 5.41 Å². The zero-order valence-electron chi connectivity index (χ0n) is 35.5. The molecule has 24 nitrogen and oxygen atoms in total. The predicted molar refractivity (Wildman–Crippen MR) is 228 cm³/mol. The molecule has 0 radical (unpaired) electrons. The number of rotatable bonds is 27. The molecule has 4 heterocycles. The SMILES string of the molecule is CO[C@H]1O[C@H](CO[C@H]2O[C@H](CO[C@H]3O[C@H](CO)[C@@H](O)[C@H](O)[C@H]3OCCCSCCNC(=N)CS[C@H]3OC(CO)[C@@H](O)[C@H](O)C3O)[C@@H](O)[C@H](O)[C@H]2O)[C@@H](O)[C@H](O)[C@H]1OCCCSCCN. The number of methoxy groups -OCH3 is 1. The summed E-state index contributed by atoms with van der Waals surface area (Å²) in [5.41, 5.74) is 4.56. The number of ether oxygens (including phenoxy) is 9. The molecule has 376 valence electrons. The van der Waals surface area contributed by atoms with Crippen LogP contribution in [0.5, 0.6) is 0 Å². The number of thioether (sulfide) groups is 3. The first-order chi connectivity index (χ1) is 30.7. The third kappa shape index (κ3) is 15.8. The zero-order valence-corrected chi connectivity index (χ0v) is 37.9. The van der Waals surface area contributed by atoms with Crippen molar-refractivity contribution >= 4 is 41.1 Å². The van der Waals surface area contributed by atoms with Crippen molar-refractivity contribution in [2.75, 3.05) is 88.6 Å². The molecule has 4 rings (SSSR count). The van der Waals surface area contributed by atoms with Crippen molar-refractivity contribution in [2.45, 2.75) is 135 Å². The summed E-state index contributed by atoms with van der Waals surface area (Å²) in [4.78, 5) is 0. The Morgan fingerprint density at radius 3 is 1.64 bits per heavy atom. The number of aliphatic hydroxyl groups excluding tert-OH is 12. The number of nitrogens with one attached hydrogen (secondary N) is 2. The highest BCUT2D eigenvalue weighted by Crippen LogP contribution is 2.31. The summed E-state index contributed by atoms with van der Waals surface area (Å²) < 4.78 is 51.2. The lowest BCUT2D eigenvalue weighted by Gasteiger charge is -2.44. The van der Waals surface area contributed by atoms with Crippen LogP contribution in [0.4, 0.5) is 0 Å². The van der Waals surface area contributed by atoms with Crippen LogP contribution in [-0.4, -0.2) is 278 Å². The van der Waals surface area contributed by atoms with E-state index < -0.39 is 148 Å². The van der Waals surface area contributed by atoms with Gasteiger partial charge in [-0.3, -0.25) is 5.41 Å². The van der Waals surface area contributed by atoms with Crippen molar-refractivity contribution in [1.82, 2.24) is 5.32 Å². The standard InChI is InChI=1S/C37H69N3O21S3/c1-53-35-32(54-6-2-8-62-10-4-38)29(50)25(46)20(60-35)14-56-34-30(51)26(47)24(45)19(59-34)15-57-36-33(28(49)23(44)17(12-41)58-36)55-7-3-9-63-11-5-40-21(39)16-64-37-31(52)27(48)22(43)18(13-42)61-37/h17-20,22-37,41-52H,2-16,38H2,1H3,(H2,39,40)/t17-,18?,19-,20-,22-,23-,24-,25-,26+,27+,28+,29+,30-,31?,32-,33-,34+,35+,36+,37-/m1/s1. The minimum atomic E-state index is -1.80. The molecule has 16 N–H and O–H groups in total. The van der Waals surface area contributed by atoms with Gasteiger partial charge in [0.1, 0.15) is 109 Å². The maximum Gasteiger partial charge on any atom is 0.187 e. The lowest BCUT2D eigenvalue weighted by molar-refractivity contribution is -0.344. The van der Waals surface area contributed by atoms with Gasteiger partial charge in [-0.15, -0.1) is 11.8 Å². The predicted octanol–water partition coefficient (Wildman–Crippen LogP) is -6.57. The number of nitrogens with two attached hydrogens (primary N) is 1. The maximum atomic E-state index is 10.9. The Bertz CT molecular complexity index is 1310. The van der Waals surface area contributed by atoms with Gasteiger partial charge < -0.3 is 115 Å². The fourth-order valence-corrected chi connectivity index (χ4v) is 9.57. The summed E-state index contributed by atoms with van der Waals surface area (Å²) in [6.45, 7) is -0.898. The van der Waals surface area contributed by atoms with Gasteiger partial charge in [0, 0.05) is 44.9 Å². The van der Waals surface area contributed by atoms with Crippen LogP contribution in [0.2, 0.25) is 0 Å². The average Bonchev–Trinajstić information content (AvgIpc) is 3.29. The summed E-state index contributed by atoms with van der Waals surface area (Å²) in [5.74, 6) is 3.01. The molecule has 20 atom stereocenters. The average molecular weight is 988 g/mol. The van der Waals surface area contributed by atoms with Crippen LogP contribution in [0.15, 0.2) is 0 Å². The Kier molecular flexibility index (Phi) is 25.5. The van der Waals surface area contributed by atoms with Gasteiger partial charge in [-0.05, 0) is 24.3 Å². The summed E-state index contributed by atoms with van der Waals surface area (Å²) in [6.07, 6.45) is -25.8. The van der Waals surface area contributed by atoms with Crippen LogP contribution in [0.1, 0.15) is 12.8 Å². The third-order valence-electron chi connectivity index (χ3n) is 10.8. The molecular weight excluding hydrogens is 919 g/mol. The molecule has 0 bridgehead atoms. The molecule has 0 aromatic heterocycles. The number of hydrogen-bond acceptors (Lipinski definition) is 26. The monoisotopic (exact) mass is 987 g/mol. The first kappa shape index (κ1) is 56.2. The number of hydrogen-bond donors (Lipinski definition) is 15. The largest absolute Gasteiger partial charge is 0.394 e. The molecule has 0 spiro atoms. The van der Waals surface area contributed by atoms with E-state index in [1.54, 1.807) is 11.8 Å². The van der Waals surface area contributed by atoms with Crippen LogP contribution in [0.3, 0.4) is 0 Å². The van der Waals surface area contributed by atoms with E-state index in [4.69, 9.17) is 53.8 Å². The van der Waals surface area contributed by atoms with E-state index in [9.17, 15) is 61.3 Å².